The van der Waals surface area contributed by atoms with E-state index in [-0.39, 0.29) is 18.4 Å². The molecule has 1 N–H and O–H groups in total. The highest BCUT2D eigenvalue weighted by Gasteiger charge is 2.13. The highest BCUT2D eigenvalue weighted by Crippen LogP contribution is 2.27. The van der Waals surface area contributed by atoms with Crippen LogP contribution in [0, 0.1) is 5.82 Å². The number of rotatable bonds is 5. The van der Waals surface area contributed by atoms with Gasteiger partial charge >= 0.3 is 5.97 Å². The second kappa shape index (κ2) is 5.89. The Labute approximate surface area is 115 Å². The van der Waals surface area contributed by atoms with Gasteiger partial charge in [0.15, 0.2) is 0 Å². The van der Waals surface area contributed by atoms with Gasteiger partial charge in [-0.1, -0.05) is 0 Å². The second-order valence-corrected chi connectivity index (χ2v) is 4.37. The van der Waals surface area contributed by atoms with E-state index in [0.29, 0.717) is 10.0 Å². The molecule has 6 nitrogen and oxygen atoms in total. The molecule has 0 amide bonds. The summed E-state index contributed by atoms with van der Waals surface area (Å²) in [5.41, 5.74) is 0.414. The molecule has 0 fully saturated rings. The van der Waals surface area contributed by atoms with Crippen LogP contribution in [-0.2, 0) is 16.1 Å². The minimum Gasteiger partial charge on any atom is -0.480 e. The van der Waals surface area contributed by atoms with E-state index >= 15 is 0 Å². The molecule has 0 atom stereocenters. The molecular formula is C11H8BrFN2O4. The Bertz CT molecular complexity index is 602. The van der Waals surface area contributed by atoms with Gasteiger partial charge in [-0.25, -0.2) is 9.18 Å². The van der Waals surface area contributed by atoms with E-state index < -0.39 is 18.4 Å². The van der Waals surface area contributed by atoms with Crippen molar-refractivity contribution in [3.05, 3.63) is 34.4 Å². The first-order valence-corrected chi connectivity index (χ1v) is 5.93. The number of aliphatic carboxylic acids is 1. The van der Waals surface area contributed by atoms with E-state index in [2.05, 4.69) is 26.1 Å². The van der Waals surface area contributed by atoms with Crippen LogP contribution in [0.3, 0.4) is 0 Å². The van der Waals surface area contributed by atoms with Gasteiger partial charge in [0.1, 0.15) is 19.0 Å². The van der Waals surface area contributed by atoms with Crippen LogP contribution in [0.15, 0.2) is 27.1 Å². The number of carboxylic acid groups (broad SMARTS) is 1. The van der Waals surface area contributed by atoms with E-state index in [1.807, 2.05) is 0 Å². The summed E-state index contributed by atoms with van der Waals surface area (Å²) in [5, 5.41) is 15.8. The summed E-state index contributed by atoms with van der Waals surface area (Å²) in [6.45, 7) is -0.576. The minimum atomic E-state index is -1.09. The van der Waals surface area contributed by atoms with E-state index in [4.69, 9.17) is 14.3 Å². The molecule has 2 aromatic rings. The van der Waals surface area contributed by atoms with Crippen LogP contribution in [0.4, 0.5) is 4.39 Å². The number of aromatic nitrogens is 2. The van der Waals surface area contributed by atoms with Gasteiger partial charge in [-0.15, -0.1) is 10.2 Å². The molecule has 1 heterocycles. The highest BCUT2D eigenvalue weighted by atomic mass is 79.9. The molecule has 0 radical (unpaired) electrons. The zero-order valence-electron chi connectivity index (χ0n) is 9.47. The summed E-state index contributed by atoms with van der Waals surface area (Å²) in [6, 6.07) is 4.07. The quantitative estimate of drug-likeness (QED) is 0.904. The van der Waals surface area contributed by atoms with Crippen LogP contribution in [0.1, 0.15) is 5.89 Å². The maximum absolute atomic E-state index is 13.1. The summed E-state index contributed by atoms with van der Waals surface area (Å²) in [7, 11) is 0. The first kappa shape index (κ1) is 13.6. The Morgan fingerprint density at radius 1 is 1.47 bits per heavy atom. The van der Waals surface area contributed by atoms with E-state index in [9.17, 15) is 9.18 Å². The number of halogens is 2. The van der Waals surface area contributed by atoms with Gasteiger partial charge in [0.05, 0.1) is 5.56 Å². The van der Waals surface area contributed by atoms with Crippen LogP contribution in [0.5, 0.6) is 0 Å². The number of carboxylic acids is 1. The lowest BCUT2D eigenvalue weighted by atomic mass is 10.2. The van der Waals surface area contributed by atoms with Crippen LogP contribution < -0.4 is 0 Å². The fraction of sp³-hybridized carbons (Fsp3) is 0.182. The molecule has 0 aliphatic heterocycles. The van der Waals surface area contributed by atoms with Crippen molar-refractivity contribution in [1.29, 1.82) is 0 Å². The van der Waals surface area contributed by atoms with Crippen molar-refractivity contribution in [2.24, 2.45) is 0 Å². The van der Waals surface area contributed by atoms with Crippen molar-refractivity contribution < 1.29 is 23.4 Å². The predicted octanol–water partition coefficient (Wildman–Crippen LogP) is 2.24. The molecule has 0 bridgehead atoms. The van der Waals surface area contributed by atoms with Gasteiger partial charge in [0.2, 0.25) is 11.8 Å². The van der Waals surface area contributed by atoms with E-state index in [0.717, 1.165) is 0 Å². The summed E-state index contributed by atoms with van der Waals surface area (Å²) in [5.74, 6) is -1.28. The number of ether oxygens (including phenoxy) is 1. The average Bonchev–Trinajstić information content (AvgIpc) is 2.80. The molecule has 1 aromatic heterocycles. The molecule has 0 unspecified atom stereocenters. The summed E-state index contributed by atoms with van der Waals surface area (Å²) >= 11 is 3.24. The normalized spacial score (nSPS) is 10.6. The number of nitrogens with zero attached hydrogens (tertiary/aromatic N) is 2. The van der Waals surface area contributed by atoms with Crippen molar-refractivity contribution in [1.82, 2.24) is 10.2 Å². The fourth-order valence-corrected chi connectivity index (χ4v) is 1.72. The monoisotopic (exact) mass is 330 g/mol. The Morgan fingerprint density at radius 2 is 2.26 bits per heavy atom. The SMILES string of the molecule is O=C(O)COCc1nnc(-c2cc(F)ccc2Br)o1. The van der Waals surface area contributed by atoms with Gasteiger partial charge in [0, 0.05) is 4.47 Å². The first-order valence-electron chi connectivity index (χ1n) is 5.13. The smallest absolute Gasteiger partial charge is 0.329 e. The maximum atomic E-state index is 13.1. The largest absolute Gasteiger partial charge is 0.480 e. The highest BCUT2D eigenvalue weighted by molar-refractivity contribution is 9.10. The molecule has 19 heavy (non-hydrogen) atoms. The second-order valence-electron chi connectivity index (χ2n) is 3.51. The zero-order chi connectivity index (χ0) is 13.8. The summed E-state index contributed by atoms with van der Waals surface area (Å²) in [4.78, 5) is 10.3. The van der Waals surface area contributed by atoms with Crippen LogP contribution >= 0.6 is 15.9 Å². The Kier molecular flexibility index (Phi) is 4.23. The molecule has 0 aliphatic carbocycles. The molecule has 100 valence electrons. The molecular weight excluding hydrogens is 323 g/mol. The van der Waals surface area contributed by atoms with Crippen molar-refractivity contribution in [3.8, 4) is 11.5 Å². The van der Waals surface area contributed by atoms with E-state index in [1.165, 1.54) is 18.2 Å². The molecule has 1 aromatic carbocycles. The topological polar surface area (TPSA) is 85.5 Å². The molecule has 0 aliphatic rings. The lowest BCUT2D eigenvalue weighted by Gasteiger charge is -1.99. The molecule has 2 rings (SSSR count). The van der Waals surface area contributed by atoms with Crippen LogP contribution in [0.2, 0.25) is 0 Å². The predicted molar refractivity (Wildman–Crippen MR) is 64.7 cm³/mol. The number of hydrogen-bond acceptors (Lipinski definition) is 5. The summed E-state index contributed by atoms with van der Waals surface area (Å²) in [6.07, 6.45) is 0. The Balaban J connectivity index is 2.12. The van der Waals surface area contributed by atoms with Crippen LogP contribution in [-0.4, -0.2) is 27.9 Å². The number of benzene rings is 1. The fourth-order valence-electron chi connectivity index (χ4n) is 1.31. The van der Waals surface area contributed by atoms with Gasteiger partial charge in [-0.2, -0.15) is 0 Å². The van der Waals surface area contributed by atoms with Gasteiger partial charge in [0.25, 0.3) is 0 Å². The Hall–Kier alpha value is -1.80. The lowest BCUT2D eigenvalue weighted by Crippen LogP contribution is -2.06. The standard InChI is InChI=1S/C11H8BrFN2O4/c12-8-2-1-6(13)3-7(8)11-15-14-9(19-11)4-18-5-10(16)17/h1-3H,4-5H2,(H,16,17). The van der Waals surface area contributed by atoms with Crippen molar-refractivity contribution in [3.63, 3.8) is 0 Å². The third kappa shape index (κ3) is 3.58. The molecule has 8 heteroatoms. The maximum Gasteiger partial charge on any atom is 0.329 e. The molecule has 0 spiro atoms. The molecule has 0 saturated carbocycles. The minimum absolute atomic E-state index is 0.118. The third-order valence-electron chi connectivity index (χ3n) is 2.08. The van der Waals surface area contributed by atoms with Gasteiger partial charge in [-0.3, -0.25) is 0 Å². The Morgan fingerprint density at radius 3 is 3.00 bits per heavy atom. The zero-order valence-corrected chi connectivity index (χ0v) is 11.1. The van der Waals surface area contributed by atoms with Gasteiger partial charge in [-0.05, 0) is 34.1 Å². The average molecular weight is 331 g/mol. The molecule has 0 saturated heterocycles. The first-order chi connectivity index (χ1) is 9.06. The van der Waals surface area contributed by atoms with Gasteiger partial charge < -0.3 is 14.3 Å². The number of carbonyl (C=O) groups is 1. The van der Waals surface area contributed by atoms with Crippen molar-refractivity contribution in [2.45, 2.75) is 6.61 Å². The number of hydrogen-bond donors (Lipinski definition) is 1. The lowest BCUT2D eigenvalue weighted by molar-refractivity contribution is -0.142. The van der Waals surface area contributed by atoms with Crippen molar-refractivity contribution >= 4 is 21.9 Å². The van der Waals surface area contributed by atoms with E-state index in [1.54, 1.807) is 0 Å². The van der Waals surface area contributed by atoms with Crippen molar-refractivity contribution in [2.75, 3.05) is 6.61 Å². The van der Waals surface area contributed by atoms with Crippen LogP contribution in [0.25, 0.3) is 11.5 Å². The third-order valence-corrected chi connectivity index (χ3v) is 2.77. The summed E-state index contributed by atoms with van der Waals surface area (Å²) < 4.78 is 23.8.